The predicted octanol–water partition coefficient (Wildman–Crippen LogP) is 2.16. The summed E-state index contributed by atoms with van der Waals surface area (Å²) in [6, 6.07) is 6.47. The SMILES string of the molecule is [2H]C(OCc1ccc(Cl)cc1)=[N+](C([2H])([2H])[2H])C([2H])([2H])[2H]. The fourth-order valence-corrected chi connectivity index (χ4v) is 0.887. The molecule has 0 N–H and O–H groups in total. The lowest BCUT2D eigenvalue weighted by atomic mass is 10.2. The van der Waals surface area contributed by atoms with Gasteiger partial charge in [0.1, 0.15) is 28.8 Å². The average molecular weight is 206 g/mol. The number of nitrogens with zero attached hydrogens (tertiary/aromatic N) is 1. The Morgan fingerprint density at radius 1 is 1.54 bits per heavy atom. The van der Waals surface area contributed by atoms with E-state index in [0.717, 1.165) is 0 Å². The predicted molar refractivity (Wildman–Crippen MR) is 54.4 cm³/mol. The van der Waals surface area contributed by atoms with Gasteiger partial charge in [0.15, 0.2) is 1.37 Å². The van der Waals surface area contributed by atoms with Crippen molar-refractivity contribution in [1.29, 1.82) is 0 Å². The summed E-state index contributed by atoms with van der Waals surface area (Å²) in [7, 11) is 0. The van der Waals surface area contributed by atoms with Gasteiger partial charge in [-0.2, -0.15) is 0 Å². The Bertz CT molecular complexity index is 476. The summed E-state index contributed by atoms with van der Waals surface area (Å²) < 4.78 is 55.3. The molecule has 13 heavy (non-hydrogen) atoms. The monoisotopic (exact) mass is 205 g/mol. The van der Waals surface area contributed by atoms with Crippen LogP contribution >= 0.6 is 11.6 Å². The van der Waals surface area contributed by atoms with Crippen LogP contribution in [-0.4, -0.2) is 24.9 Å². The summed E-state index contributed by atoms with van der Waals surface area (Å²) in [5.41, 5.74) is 0.634. The Morgan fingerprint density at radius 2 is 2.23 bits per heavy atom. The molecule has 0 saturated carbocycles. The second kappa shape index (κ2) is 4.87. The van der Waals surface area contributed by atoms with Crippen LogP contribution in [0, 0.1) is 0 Å². The fourth-order valence-electron chi connectivity index (χ4n) is 0.761. The average Bonchev–Trinajstić information content (AvgIpc) is 2.24. The Labute approximate surface area is 93.2 Å². The van der Waals surface area contributed by atoms with Gasteiger partial charge >= 0.3 is 6.38 Å². The van der Waals surface area contributed by atoms with E-state index in [4.69, 9.17) is 25.9 Å². The van der Waals surface area contributed by atoms with Crippen LogP contribution in [0.1, 0.15) is 15.2 Å². The molecule has 0 atom stereocenters. The molecule has 0 radical (unpaired) electrons. The minimum Gasteiger partial charge on any atom is -0.445 e. The van der Waals surface area contributed by atoms with Crippen LogP contribution in [0.3, 0.4) is 0 Å². The van der Waals surface area contributed by atoms with Gasteiger partial charge in [-0.05, 0) is 17.7 Å². The van der Waals surface area contributed by atoms with E-state index in [0.29, 0.717) is 10.6 Å². The molecule has 0 aliphatic rings. The maximum atomic E-state index is 7.51. The molecule has 1 aromatic rings. The van der Waals surface area contributed by atoms with Crippen molar-refractivity contribution < 1.29 is 18.9 Å². The third-order valence-corrected chi connectivity index (χ3v) is 1.56. The highest BCUT2D eigenvalue weighted by Gasteiger charge is 1.93. The molecule has 0 aliphatic carbocycles. The van der Waals surface area contributed by atoms with Crippen molar-refractivity contribution in [3.8, 4) is 0 Å². The van der Waals surface area contributed by atoms with Gasteiger partial charge in [-0.1, -0.05) is 23.7 Å². The van der Waals surface area contributed by atoms with E-state index in [2.05, 4.69) is 0 Å². The lowest BCUT2D eigenvalue weighted by Gasteiger charge is -1.98. The highest BCUT2D eigenvalue weighted by atomic mass is 35.5. The fraction of sp³-hybridized carbons (Fsp3) is 0.300. The third kappa shape index (κ3) is 3.95. The number of rotatable bonds is 2. The Balaban J connectivity index is 2.92. The molecule has 0 amide bonds. The first-order valence-electron chi connectivity index (χ1n) is 7.03. The molecule has 0 unspecified atom stereocenters. The van der Waals surface area contributed by atoms with Gasteiger partial charge in [0.05, 0.1) is 0 Å². The van der Waals surface area contributed by atoms with Gasteiger partial charge in [-0.25, -0.2) is 4.58 Å². The Hall–Kier alpha value is -1.02. The van der Waals surface area contributed by atoms with Crippen LogP contribution in [0.5, 0.6) is 0 Å². The molecule has 70 valence electrons. The normalized spacial score (nSPS) is 19.3. The van der Waals surface area contributed by atoms with E-state index < -0.39 is 20.3 Å². The van der Waals surface area contributed by atoms with Crippen molar-refractivity contribution in [2.75, 3.05) is 14.0 Å². The minimum absolute atomic E-state index is 0.0179. The number of ether oxygens (including phenoxy) is 1. The van der Waals surface area contributed by atoms with Crippen LogP contribution in [-0.2, 0) is 11.3 Å². The zero-order chi connectivity index (χ0) is 15.6. The second-order valence-corrected chi connectivity index (χ2v) is 2.78. The van der Waals surface area contributed by atoms with Crippen LogP contribution < -0.4 is 0 Å². The van der Waals surface area contributed by atoms with Gasteiger partial charge in [0, 0.05) is 5.02 Å². The van der Waals surface area contributed by atoms with E-state index in [1.807, 2.05) is 0 Å². The number of hydrogen-bond donors (Lipinski definition) is 0. The summed E-state index contributed by atoms with van der Waals surface area (Å²) >= 11 is 5.70. The van der Waals surface area contributed by atoms with Crippen molar-refractivity contribution in [2.45, 2.75) is 6.61 Å². The molecule has 0 saturated heterocycles. The summed E-state index contributed by atoms with van der Waals surface area (Å²) in [5, 5.41) is 0.524. The molecule has 0 bridgehead atoms. The molecule has 0 spiro atoms. The second-order valence-electron chi connectivity index (χ2n) is 2.34. The topological polar surface area (TPSA) is 12.2 Å². The number of benzene rings is 1. The Kier molecular flexibility index (Phi) is 1.50. The maximum Gasteiger partial charge on any atom is 0.323 e. The zero-order valence-electron chi connectivity index (χ0n) is 13.7. The molecule has 3 heteroatoms. The largest absolute Gasteiger partial charge is 0.445 e. The van der Waals surface area contributed by atoms with Crippen LogP contribution in [0.4, 0.5) is 0 Å². The van der Waals surface area contributed by atoms with Gasteiger partial charge in [0.2, 0.25) is 0 Å². The summed E-state index contributed by atoms with van der Waals surface area (Å²) in [6.45, 7) is -6.09. The standard InChI is InChI=1S/C10H13ClNO/c1-12(2)8-13-7-9-3-5-10(11)6-4-9/h3-6,8H,7H2,1-2H3/q+1/i1D3,2D3,8D. The molecule has 0 aromatic heterocycles. The Morgan fingerprint density at radius 3 is 2.85 bits per heavy atom. The third-order valence-electron chi connectivity index (χ3n) is 1.31. The lowest BCUT2D eigenvalue weighted by molar-refractivity contribution is -0.468. The van der Waals surface area contributed by atoms with Gasteiger partial charge in [0.25, 0.3) is 0 Å². The van der Waals surface area contributed by atoms with E-state index in [1.54, 1.807) is 24.3 Å². The van der Waals surface area contributed by atoms with Crippen molar-refractivity contribution in [3.63, 3.8) is 0 Å². The first kappa shape index (κ1) is 4.01. The first-order chi connectivity index (χ1) is 9.01. The highest BCUT2D eigenvalue weighted by Crippen LogP contribution is 2.09. The summed E-state index contributed by atoms with van der Waals surface area (Å²) in [4.78, 5) is 0. The molecule has 1 rings (SSSR count). The summed E-state index contributed by atoms with van der Waals surface area (Å²) in [5.74, 6) is 0. The van der Waals surface area contributed by atoms with Gasteiger partial charge < -0.3 is 4.74 Å². The highest BCUT2D eigenvalue weighted by molar-refractivity contribution is 6.30. The summed E-state index contributed by atoms with van der Waals surface area (Å²) in [6.07, 6.45) is -0.931. The molecule has 1 aromatic carbocycles. The molecular formula is C10H13ClNO+. The van der Waals surface area contributed by atoms with Crippen molar-refractivity contribution in [1.82, 2.24) is 0 Å². The molecular weight excluding hydrogens is 186 g/mol. The van der Waals surface area contributed by atoms with E-state index >= 15 is 0 Å². The van der Waals surface area contributed by atoms with Gasteiger partial charge in [-0.3, -0.25) is 0 Å². The van der Waals surface area contributed by atoms with Crippen LogP contribution in [0.15, 0.2) is 24.3 Å². The van der Waals surface area contributed by atoms with Crippen LogP contribution in [0.25, 0.3) is 0 Å². The van der Waals surface area contributed by atoms with Crippen molar-refractivity contribution in [3.05, 3.63) is 34.9 Å². The van der Waals surface area contributed by atoms with Crippen LogP contribution in [0.2, 0.25) is 5.02 Å². The van der Waals surface area contributed by atoms with Crippen molar-refractivity contribution in [2.24, 2.45) is 0 Å². The van der Waals surface area contributed by atoms with E-state index in [-0.39, 0.29) is 11.2 Å². The van der Waals surface area contributed by atoms with E-state index in [1.165, 1.54) is 0 Å². The molecule has 0 fully saturated rings. The smallest absolute Gasteiger partial charge is 0.323 e. The maximum absolute atomic E-state index is 7.51. The number of halogens is 1. The molecule has 0 heterocycles. The van der Waals surface area contributed by atoms with Crippen molar-refractivity contribution >= 4 is 18.0 Å². The molecule has 0 aliphatic heterocycles. The number of hydrogen-bond acceptors (Lipinski definition) is 1. The zero-order valence-corrected chi connectivity index (χ0v) is 7.51. The van der Waals surface area contributed by atoms with E-state index in [9.17, 15) is 0 Å². The quantitative estimate of drug-likeness (QED) is 0.410. The molecule has 2 nitrogen and oxygen atoms in total. The minimum atomic E-state index is -2.98. The van der Waals surface area contributed by atoms with Gasteiger partial charge in [-0.15, -0.1) is 0 Å². The first-order valence-corrected chi connectivity index (χ1v) is 3.91. The lowest BCUT2D eigenvalue weighted by Crippen LogP contribution is -2.02.